The van der Waals surface area contributed by atoms with Gasteiger partial charge in [0.15, 0.2) is 18.1 Å². The SMILES string of the molecule is COc1cc(C(=O)Oc2ccc(/C=N\NC(=O)COc3cc(C)ccc3C(C)C)cc2)cc(OC)c1OC. The van der Waals surface area contributed by atoms with E-state index in [4.69, 9.17) is 23.7 Å². The van der Waals surface area contributed by atoms with E-state index in [0.29, 0.717) is 34.3 Å². The van der Waals surface area contributed by atoms with Gasteiger partial charge in [0.25, 0.3) is 5.91 Å². The number of nitrogens with zero attached hydrogens (tertiary/aromatic N) is 1. The maximum absolute atomic E-state index is 12.7. The van der Waals surface area contributed by atoms with E-state index in [1.165, 1.54) is 39.7 Å². The van der Waals surface area contributed by atoms with Crippen molar-refractivity contribution in [1.82, 2.24) is 5.43 Å². The number of ether oxygens (including phenoxy) is 5. The summed E-state index contributed by atoms with van der Waals surface area (Å²) in [6.07, 6.45) is 1.48. The summed E-state index contributed by atoms with van der Waals surface area (Å²) in [5.41, 5.74) is 5.48. The van der Waals surface area contributed by atoms with Crippen LogP contribution in [0.25, 0.3) is 0 Å². The van der Waals surface area contributed by atoms with Gasteiger partial charge in [0.05, 0.1) is 33.1 Å². The number of aryl methyl sites for hydroxylation is 1. The molecule has 0 unspecified atom stereocenters. The van der Waals surface area contributed by atoms with Crippen LogP contribution in [0.3, 0.4) is 0 Å². The zero-order valence-corrected chi connectivity index (χ0v) is 22.4. The van der Waals surface area contributed by atoms with E-state index in [-0.39, 0.29) is 24.0 Å². The van der Waals surface area contributed by atoms with Gasteiger partial charge in [-0.25, -0.2) is 10.2 Å². The Morgan fingerprint density at radius 1 is 0.895 bits per heavy atom. The number of carbonyl (C=O) groups is 2. The zero-order valence-electron chi connectivity index (χ0n) is 22.4. The van der Waals surface area contributed by atoms with Crippen LogP contribution in [-0.4, -0.2) is 46.0 Å². The monoisotopic (exact) mass is 520 g/mol. The maximum Gasteiger partial charge on any atom is 0.343 e. The van der Waals surface area contributed by atoms with Gasteiger partial charge in [-0.2, -0.15) is 5.10 Å². The Balaban J connectivity index is 1.56. The lowest BCUT2D eigenvalue weighted by atomic mass is 10.0. The molecule has 0 saturated carbocycles. The summed E-state index contributed by atoms with van der Waals surface area (Å²) >= 11 is 0. The molecule has 0 saturated heterocycles. The Labute approximate surface area is 222 Å². The molecule has 9 nitrogen and oxygen atoms in total. The first-order valence-corrected chi connectivity index (χ1v) is 11.9. The third-order valence-corrected chi connectivity index (χ3v) is 5.54. The van der Waals surface area contributed by atoms with Gasteiger partial charge in [0, 0.05) is 0 Å². The number of hydrogen-bond acceptors (Lipinski definition) is 8. The van der Waals surface area contributed by atoms with Crippen molar-refractivity contribution in [2.75, 3.05) is 27.9 Å². The van der Waals surface area contributed by atoms with E-state index in [9.17, 15) is 9.59 Å². The fourth-order valence-electron chi connectivity index (χ4n) is 3.58. The number of hydrogen-bond donors (Lipinski definition) is 1. The normalized spacial score (nSPS) is 10.8. The molecule has 0 spiro atoms. The predicted molar refractivity (Wildman–Crippen MR) is 144 cm³/mol. The van der Waals surface area contributed by atoms with Gasteiger partial charge in [-0.1, -0.05) is 26.0 Å². The third-order valence-electron chi connectivity index (χ3n) is 5.54. The van der Waals surface area contributed by atoms with Crippen LogP contribution in [-0.2, 0) is 4.79 Å². The summed E-state index contributed by atoms with van der Waals surface area (Å²) in [5.74, 6) is 1.39. The average Bonchev–Trinajstić information content (AvgIpc) is 2.91. The summed E-state index contributed by atoms with van der Waals surface area (Å²) in [6.45, 7) is 5.96. The second kappa shape index (κ2) is 13.1. The average molecular weight is 521 g/mol. The van der Waals surface area contributed by atoms with Crippen molar-refractivity contribution in [3.05, 3.63) is 76.9 Å². The molecule has 3 aromatic carbocycles. The molecular formula is C29H32N2O7. The van der Waals surface area contributed by atoms with Crippen molar-refractivity contribution < 1.29 is 33.3 Å². The molecule has 0 heterocycles. The maximum atomic E-state index is 12.7. The highest BCUT2D eigenvalue weighted by Gasteiger charge is 2.18. The molecule has 1 N–H and O–H groups in total. The van der Waals surface area contributed by atoms with Crippen LogP contribution in [0, 0.1) is 6.92 Å². The van der Waals surface area contributed by atoms with Crippen LogP contribution >= 0.6 is 0 Å². The molecule has 0 radical (unpaired) electrons. The summed E-state index contributed by atoms with van der Waals surface area (Å²) in [5, 5.41) is 3.97. The summed E-state index contributed by atoms with van der Waals surface area (Å²) < 4.78 is 27.0. The van der Waals surface area contributed by atoms with Crippen molar-refractivity contribution in [1.29, 1.82) is 0 Å². The number of amides is 1. The van der Waals surface area contributed by atoms with E-state index in [1.54, 1.807) is 24.3 Å². The highest BCUT2D eigenvalue weighted by Crippen LogP contribution is 2.38. The van der Waals surface area contributed by atoms with E-state index in [1.807, 2.05) is 25.1 Å². The molecule has 9 heteroatoms. The minimum atomic E-state index is -0.591. The van der Waals surface area contributed by atoms with Crippen LogP contribution in [0.5, 0.6) is 28.7 Å². The van der Waals surface area contributed by atoms with Crippen molar-refractivity contribution >= 4 is 18.1 Å². The molecule has 0 aliphatic rings. The predicted octanol–water partition coefficient (Wildman–Crippen LogP) is 4.89. The van der Waals surface area contributed by atoms with Crippen LogP contribution in [0.15, 0.2) is 59.7 Å². The van der Waals surface area contributed by atoms with Crippen LogP contribution < -0.4 is 29.1 Å². The van der Waals surface area contributed by atoms with E-state index >= 15 is 0 Å². The van der Waals surface area contributed by atoms with Crippen molar-refractivity contribution in [3.63, 3.8) is 0 Å². The summed E-state index contributed by atoms with van der Waals surface area (Å²) in [6, 6.07) is 15.6. The number of benzene rings is 3. The second-order valence-electron chi connectivity index (χ2n) is 8.65. The Morgan fingerprint density at radius 3 is 2.13 bits per heavy atom. The number of carbonyl (C=O) groups excluding carboxylic acids is 2. The highest BCUT2D eigenvalue weighted by atomic mass is 16.5. The zero-order chi connectivity index (χ0) is 27.7. The minimum Gasteiger partial charge on any atom is -0.493 e. The van der Waals surface area contributed by atoms with E-state index in [0.717, 1.165) is 11.1 Å². The molecule has 1 amide bonds. The number of methoxy groups -OCH3 is 3. The molecule has 0 aromatic heterocycles. The molecule has 3 rings (SSSR count). The van der Waals surface area contributed by atoms with Crippen molar-refractivity contribution in [3.8, 4) is 28.7 Å². The lowest BCUT2D eigenvalue weighted by molar-refractivity contribution is -0.123. The Kier molecular flexibility index (Phi) is 9.70. The fraction of sp³-hybridized carbons (Fsp3) is 0.276. The molecule has 0 aliphatic heterocycles. The van der Waals surface area contributed by atoms with Crippen LogP contribution in [0.1, 0.15) is 46.8 Å². The van der Waals surface area contributed by atoms with Crippen LogP contribution in [0.4, 0.5) is 0 Å². The number of nitrogens with one attached hydrogen (secondary N) is 1. The minimum absolute atomic E-state index is 0.156. The first-order chi connectivity index (χ1) is 18.2. The Morgan fingerprint density at radius 2 is 1.55 bits per heavy atom. The first-order valence-electron chi connectivity index (χ1n) is 11.9. The summed E-state index contributed by atoms with van der Waals surface area (Å²) in [7, 11) is 4.42. The van der Waals surface area contributed by atoms with Gasteiger partial charge in [0.2, 0.25) is 5.75 Å². The first kappa shape index (κ1) is 28.0. The van der Waals surface area contributed by atoms with Crippen molar-refractivity contribution in [2.45, 2.75) is 26.7 Å². The lowest BCUT2D eigenvalue weighted by Gasteiger charge is -2.14. The lowest BCUT2D eigenvalue weighted by Crippen LogP contribution is -2.25. The second-order valence-corrected chi connectivity index (χ2v) is 8.65. The third kappa shape index (κ3) is 7.25. The molecule has 0 fully saturated rings. The van der Waals surface area contributed by atoms with Crippen molar-refractivity contribution in [2.24, 2.45) is 5.10 Å². The topological polar surface area (TPSA) is 105 Å². The number of rotatable bonds is 11. The Hall–Kier alpha value is -4.53. The molecule has 3 aromatic rings. The molecule has 0 atom stereocenters. The molecule has 38 heavy (non-hydrogen) atoms. The number of hydrazone groups is 1. The molecule has 200 valence electrons. The molecular weight excluding hydrogens is 488 g/mol. The van der Waals surface area contributed by atoms with Gasteiger partial charge >= 0.3 is 5.97 Å². The standard InChI is InChI=1S/C29H32N2O7/c1-18(2)23-12-7-19(3)13-24(23)37-17-27(32)31-30-16-20-8-10-22(11-9-20)38-29(33)21-14-25(34-4)28(36-6)26(15-21)35-5/h7-16,18H,17H2,1-6H3,(H,31,32)/b30-16-. The smallest absolute Gasteiger partial charge is 0.343 e. The van der Waals surface area contributed by atoms with E-state index < -0.39 is 5.97 Å². The number of esters is 1. The highest BCUT2D eigenvalue weighted by molar-refractivity contribution is 5.93. The van der Waals surface area contributed by atoms with Gasteiger partial charge in [-0.05, 0) is 72.0 Å². The van der Waals surface area contributed by atoms with Gasteiger partial charge in [-0.15, -0.1) is 0 Å². The fourth-order valence-corrected chi connectivity index (χ4v) is 3.58. The molecule has 0 bridgehead atoms. The largest absolute Gasteiger partial charge is 0.493 e. The van der Waals surface area contributed by atoms with Gasteiger partial charge < -0.3 is 23.7 Å². The van der Waals surface area contributed by atoms with Gasteiger partial charge in [0.1, 0.15) is 11.5 Å². The van der Waals surface area contributed by atoms with Gasteiger partial charge in [-0.3, -0.25) is 4.79 Å². The molecule has 0 aliphatic carbocycles. The Bertz CT molecular complexity index is 1280. The summed E-state index contributed by atoms with van der Waals surface area (Å²) in [4.78, 5) is 24.8. The quantitative estimate of drug-likeness (QED) is 0.166. The van der Waals surface area contributed by atoms with E-state index in [2.05, 4.69) is 24.4 Å². The van der Waals surface area contributed by atoms with Crippen LogP contribution in [0.2, 0.25) is 0 Å².